The molecule has 0 radical (unpaired) electrons. The maximum atomic E-state index is 2.58. The lowest BCUT2D eigenvalue weighted by atomic mass is 9.56. The number of rotatable bonds is 0. The molecule has 0 aromatic carbocycles. The van der Waals surface area contributed by atoms with Gasteiger partial charge >= 0.3 is 0 Å². The van der Waals surface area contributed by atoms with E-state index in [9.17, 15) is 0 Å². The van der Waals surface area contributed by atoms with Crippen molar-refractivity contribution in [2.24, 2.45) is 5.41 Å². The minimum atomic E-state index is 0.873. The van der Waals surface area contributed by atoms with E-state index in [1.165, 1.54) is 25.7 Å². The number of halogens is 2. The Morgan fingerprint density at radius 3 is 1.44 bits per heavy atom. The van der Waals surface area contributed by atoms with Crippen molar-refractivity contribution < 1.29 is 0 Å². The smallest absolute Gasteiger partial charge is 0.0120 e. The van der Waals surface area contributed by atoms with Gasteiger partial charge in [0.15, 0.2) is 0 Å². The van der Waals surface area contributed by atoms with Crippen molar-refractivity contribution in [3.8, 4) is 0 Å². The molecule has 0 nitrogen and oxygen atoms in total. The second-order valence-electron chi connectivity index (χ2n) is 3.51. The SMILES string of the molecule is IC1CC2(C1)CC(I)C2. The van der Waals surface area contributed by atoms with Crippen molar-refractivity contribution in [3.63, 3.8) is 0 Å². The quantitative estimate of drug-likeness (QED) is 0.466. The van der Waals surface area contributed by atoms with Crippen LogP contribution in [0.1, 0.15) is 25.7 Å². The Hall–Kier alpha value is 1.46. The summed E-state index contributed by atoms with van der Waals surface area (Å²) < 4.78 is 2.04. The molecule has 1 spiro atoms. The van der Waals surface area contributed by atoms with E-state index in [1.54, 1.807) is 0 Å². The van der Waals surface area contributed by atoms with E-state index >= 15 is 0 Å². The number of hydrogen-bond acceptors (Lipinski definition) is 0. The molecule has 0 aliphatic heterocycles. The summed E-state index contributed by atoms with van der Waals surface area (Å²) in [7, 11) is 0. The average Bonchev–Trinajstić information content (AvgIpc) is 1.58. The van der Waals surface area contributed by atoms with Gasteiger partial charge in [-0.15, -0.1) is 0 Å². The minimum absolute atomic E-state index is 0.873. The van der Waals surface area contributed by atoms with Gasteiger partial charge in [-0.25, -0.2) is 0 Å². The minimum Gasteiger partial charge on any atom is -0.0826 e. The molecule has 0 unspecified atom stereocenters. The maximum Gasteiger partial charge on any atom is 0.0120 e. The highest BCUT2D eigenvalue weighted by Crippen LogP contribution is 2.60. The number of hydrogen-bond donors (Lipinski definition) is 0. The van der Waals surface area contributed by atoms with Crippen LogP contribution in [0, 0.1) is 5.41 Å². The number of alkyl halides is 2. The van der Waals surface area contributed by atoms with E-state index in [2.05, 4.69) is 45.2 Å². The third kappa shape index (κ3) is 1.14. The van der Waals surface area contributed by atoms with Crippen LogP contribution in [0.4, 0.5) is 0 Å². The highest BCUT2D eigenvalue weighted by Gasteiger charge is 2.50. The molecule has 0 bridgehead atoms. The van der Waals surface area contributed by atoms with Crippen LogP contribution in [0.15, 0.2) is 0 Å². The van der Waals surface area contributed by atoms with Gasteiger partial charge in [-0.3, -0.25) is 0 Å². The first kappa shape index (κ1) is 7.13. The largest absolute Gasteiger partial charge is 0.0826 e. The molecule has 0 heterocycles. The predicted octanol–water partition coefficient (Wildman–Crippen LogP) is 3.17. The van der Waals surface area contributed by atoms with Gasteiger partial charge in [-0.1, -0.05) is 45.2 Å². The van der Waals surface area contributed by atoms with Crippen molar-refractivity contribution in [2.45, 2.75) is 33.5 Å². The molecule has 2 aliphatic rings. The Bertz CT molecular complexity index is 101. The topological polar surface area (TPSA) is 0 Å². The second-order valence-corrected chi connectivity index (χ2v) is 7.03. The van der Waals surface area contributed by atoms with Gasteiger partial charge in [-0.05, 0) is 31.1 Å². The highest BCUT2D eigenvalue weighted by molar-refractivity contribution is 14.1. The fourth-order valence-electron chi connectivity index (χ4n) is 2.09. The summed E-state index contributed by atoms with van der Waals surface area (Å²) in [6, 6.07) is 0. The van der Waals surface area contributed by atoms with Crippen LogP contribution in [-0.4, -0.2) is 7.85 Å². The third-order valence-corrected chi connectivity index (χ3v) is 4.38. The first-order valence-corrected chi connectivity index (χ1v) is 5.97. The molecule has 2 aliphatic carbocycles. The zero-order chi connectivity index (χ0) is 6.48. The zero-order valence-electron chi connectivity index (χ0n) is 5.24. The van der Waals surface area contributed by atoms with Crippen molar-refractivity contribution in [3.05, 3.63) is 0 Å². The third-order valence-electron chi connectivity index (χ3n) is 2.62. The first-order chi connectivity index (χ1) is 4.20. The van der Waals surface area contributed by atoms with Crippen LogP contribution in [0.5, 0.6) is 0 Å². The highest BCUT2D eigenvalue weighted by atomic mass is 127. The molecule has 0 saturated heterocycles. The second kappa shape index (κ2) is 2.22. The van der Waals surface area contributed by atoms with Crippen LogP contribution >= 0.6 is 45.2 Å². The van der Waals surface area contributed by atoms with Gasteiger partial charge in [0.2, 0.25) is 0 Å². The summed E-state index contributed by atoms with van der Waals surface area (Å²) >= 11 is 5.16. The Morgan fingerprint density at radius 2 is 1.22 bits per heavy atom. The molecule has 0 aromatic rings. The van der Waals surface area contributed by atoms with E-state index in [-0.39, 0.29) is 0 Å². The van der Waals surface area contributed by atoms with Crippen LogP contribution in [0.3, 0.4) is 0 Å². The Balaban J connectivity index is 1.87. The molecular weight excluding hydrogens is 338 g/mol. The molecule has 2 fully saturated rings. The van der Waals surface area contributed by atoms with Gasteiger partial charge in [0.25, 0.3) is 0 Å². The summed E-state index contributed by atoms with van der Waals surface area (Å²) in [5, 5.41) is 0. The van der Waals surface area contributed by atoms with E-state index in [1.807, 2.05) is 0 Å². The van der Waals surface area contributed by atoms with Crippen molar-refractivity contribution in [2.75, 3.05) is 0 Å². The monoisotopic (exact) mass is 348 g/mol. The van der Waals surface area contributed by atoms with Crippen molar-refractivity contribution in [1.82, 2.24) is 0 Å². The van der Waals surface area contributed by atoms with Gasteiger partial charge in [-0.2, -0.15) is 0 Å². The molecule has 52 valence electrons. The molecule has 2 rings (SSSR count). The molecule has 2 heteroatoms. The fraction of sp³-hybridized carbons (Fsp3) is 1.00. The molecule has 9 heavy (non-hydrogen) atoms. The summed E-state index contributed by atoms with van der Waals surface area (Å²) in [4.78, 5) is 0. The maximum absolute atomic E-state index is 2.58. The fourth-order valence-corrected chi connectivity index (χ4v) is 5.83. The van der Waals surface area contributed by atoms with Crippen LogP contribution in [0.2, 0.25) is 0 Å². The summed E-state index contributed by atoms with van der Waals surface area (Å²) in [5.74, 6) is 0. The van der Waals surface area contributed by atoms with Crippen LogP contribution < -0.4 is 0 Å². The van der Waals surface area contributed by atoms with Crippen molar-refractivity contribution >= 4 is 45.2 Å². The molecule has 0 N–H and O–H groups in total. The Labute approximate surface area is 83.4 Å². The van der Waals surface area contributed by atoms with Gasteiger partial charge in [0.1, 0.15) is 0 Å². The summed E-state index contributed by atoms with van der Waals surface area (Å²) in [6.07, 6.45) is 6.08. The lowest BCUT2D eigenvalue weighted by molar-refractivity contribution is 0.0556. The lowest BCUT2D eigenvalue weighted by Crippen LogP contribution is -2.48. The van der Waals surface area contributed by atoms with Crippen LogP contribution in [-0.2, 0) is 0 Å². The average molecular weight is 348 g/mol. The summed E-state index contributed by atoms with van der Waals surface area (Å²) in [5.41, 5.74) is 0.873. The lowest BCUT2D eigenvalue weighted by Gasteiger charge is -2.55. The molecular formula is C7H10I2. The first-order valence-electron chi connectivity index (χ1n) is 3.48. The molecule has 0 aromatic heterocycles. The molecule has 2 saturated carbocycles. The summed E-state index contributed by atoms with van der Waals surface area (Å²) in [6.45, 7) is 0. The standard InChI is InChI=1S/C7H10I2/c8-5-1-7(2-5)3-6(9)4-7/h5-6H,1-4H2. The van der Waals surface area contributed by atoms with Crippen molar-refractivity contribution in [1.29, 1.82) is 0 Å². The molecule has 0 atom stereocenters. The van der Waals surface area contributed by atoms with E-state index in [0.29, 0.717) is 0 Å². The normalized spacial score (nSPS) is 56.7. The van der Waals surface area contributed by atoms with E-state index in [0.717, 1.165) is 13.3 Å². The van der Waals surface area contributed by atoms with Gasteiger partial charge in [0.05, 0.1) is 0 Å². The van der Waals surface area contributed by atoms with Gasteiger partial charge < -0.3 is 0 Å². The Kier molecular flexibility index (Phi) is 1.76. The predicted molar refractivity (Wildman–Crippen MR) is 56.5 cm³/mol. The van der Waals surface area contributed by atoms with Crippen LogP contribution in [0.25, 0.3) is 0 Å². The Morgan fingerprint density at radius 1 is 0.889 bits per heavy atom. The van der Waals surface area contributed by atoms with E-state index in [4.69, 9.17) is 0 Å². The molecule has 0 amide bonds. The van der Waals surface area contributed by atoms with E-state index < -0.39 is 0 Å². The van der Waals surface area contributed by atoms with Gasteiger partial charge in [0, 0.05) is 7.85 Å². The zero-order valence-corrected chi connectivity index (χ0v) is 9.55.